The number of imide groups is 1. The number of rotatable bonds is 11. The minimum absolute atomic E-state index is 0.193. The number of unbranched alkanes of at least 4 members (excludes halogenated alkanes) is 2. The van der Waals surface area contributed by atoms with Crippen molar-refractivity contribution in [1.82, 2.24) is 20.0 Å². The average molecular weight is 563 g/mol. The fourth-order valence-corrected chi connectivity index (χ4v) is 4.63. The first kappa shape index (κ1) is 36.1. The highest BCUT2D eigenvalue weighted by Gasteiger charge is 2.24. The predicted octanol–water partition coefficient (Wildman–Crippen LogP) is 6.18. The maximum absolute atomic E-state index is 12.0. The molecule has 2 amide bonds. The molecule has 0 saturated carbocycles. The summed E-state index contributed by atoms with van der Waals surface area (Å²) in [6.45, 7) is 21.9. The quantitative estimate of drug-likeness (QED) is 0.255. The lowest BCUT2D eigenvalue weighted by molar-refractivity contribution is -0.128. The molecule has 0 fully saturated rings. The number of nitrogens with one attached hydrogen (secondary N) is 1. The zero-order chi connectivity index (χ0) is 30.2. The van der Waals surface area contributed by atoms with E-state index in [2.05, 4.69) is 35.7 Å². The molecule has 0 aliphatic carbocycles. The molecule has 1 N–H and O–H groups in total. The van der Waals surface area contributed by atoms with Gasteiger partial charge in [0.1, 0.15) is 0 Å². The Balaban J connectivity index is 0.000000697. The molecule has 0 atom stereocenters. The molecule has 220 valence electrons. The van der Waals surface area contributed by atoms with Gasteiger partial charge in [0.2, 0.25) is 5.91 Å². The molecular weight excluding hydrogens is 512 g/mol. The van der Waals surface area contributed by atoms with Gasteiger partial charge in [0.25, 0.3) is 5.91 Å². The van der Waals surface area contributed by atoms with Gasteiger partial charge in [-0.25, -0.2) is 13.1 Å². The molecule has 8 nitrogen and oxygen atoms in total. The van der Waals surface area contributed by atoms with Crippen LogP contribution in [0.15, 0.2) is 53.2 Å². The molecule has 2 heterocycles. The molecule has 0 aromatic carbocycles. The number of nitrogens with zero attached hydrogens (tertiary/aromatic N) is 3. The van der Waals surface area contributed by atoms with E-state index >= 15 is 0 Å². The van der Waals surface area contributed by atoms with E-state index in [0.29, 0.717) is 12.1 Å². The van der Waals surface area contributed by atoms with Crippen molar-refractivity contribution in [2.45, 2.75) is 99.7 Å². The third-order valence-electron chi connectivity index (χ3n) is 6.01. The molecule has 9 heteroatoms. The van der Waals surface area contributed by atoms with Gasteiger partial charge in [0, 0.05) is 29.7 Å². The third kappa shape index (κ3) is 11.8. The molecular formula is C30H50N4O4S. The molecule has 0 radical (unpaired) electrons. The van der Waals surface area contributed by atoms with E-state index in [1.54, 1.807) is 30.7 Å². The van der Waals surface area contributed by atoms with Gasteiger partial charge < -0.3 is 4.90 Å². The minimum Gasteiger partial charge on any atom is -0.365 e. The fraction of sp³-hybridized carbons (Fsp3) is 0.567. The van der Waals surface area contributed by atoms with Gasteiger partial charge >= 0.3 is 0 Å². The minimum atomic E-state index is -3.29. The number of sulfone groups is 1. The van der Waals surface area contributed by atoms with Crippen molar-refractivity contribution in [2.24, 2.45) is 0 Å². The zero-order valence-electron chi connectivity index (χ0n) is 25.5. The normalized spacial score (nSPS) is 14.8. The molecule has 1 aliphatic rings. The number of carbonyl (C=O) groups is 2. The number of hydrogen-bond donors (Lipinski definition) is 1. The second-order valence-electron chi connectivity index (χ2n) is 9.40. The highest BCUT2D eigenvalue weighted by molar-refractivity contribution is 7.96. The van der Waals surface area contributed by atoms with E-state index in [0.717, 1.165) is 55.7 Å². The monoisotopic (exact) mass is 562 g/mol. The van der Waals surface area contributed by atoms with Crippen LogP contribution >= 0.6 is 0 Å². The number of allylic oxidation sites excluding steroid dienone is 5. The van der Waals surface area contributed by atoms with Crippen LogP contribution in [0.25, 0.3) is 5.70 Å². The van der Waals surface area contributed by atoms with Crippen molar-refractivity contribution >= 4 is 27.3 Å². The molecule has 1 aromatic heterocycles. The number of amides is 2. The van der Waals surface area contributed by atoms with Crippen LogP contribution in [0.3, 0.4) is 0 Å². The van der Waals surface area contributed by atoms with Crippen molar-refractivity contribution in [3.8, 4) is 0 Å². The van der Waals surface area contributed by atoms with Crippen LogP contribution in [0.4, 0.5) is 0 Å². The average Bonchev–Trinajstić information content (AvgIpc) is 3.30. The van der Waals surface area contributed by atoms with Crippen molar-refractivity contribution in [3.05, 3.63) is 58.9 Å². The highest BCUT2D eigenvalue weighted by atomic mass is 32.2. The summed E-state index contributed by atoms with van der Waals surface area (Å²) in [5.41, 5.74) is 3.50. The molecule has 0 unspecified atom stereocenters. The van der Waals surface area contributed by atoms with Gasteiger partial charge in [-0.15, -0.1) is 0 Å². The van der Waals surface area contributed by atoms with Gasteiger partial charge in [-0.1, -0.05) is 53.2 Å². The maximum Gasteiger partial charge on any atom is 0.255 e. The summed E-state index contributed by atoms with van der Waals surface area (Å²) >= 11 is 0. The van der Waals surface area contributed by atoms with E-state index in [1.165, 1.54) is 6.08 Å². The van der Waals surface area contributed by atoms with Crippen molar-refractivity contribution in [2.75, 3.05) is 13.1 Å². The molecule has 2 rings (SSSR count). The summed E-state index contributed by atoms with van der Waals surface area (Å²) in [5.74, 6) is -0.424. The number of aryl methyl sites for hydroxylation is 1. The molecule has 0 bridgehead atoms. The summed E-state index contributed by atoms with van der Waals surface area (Å²) < 4.78 is 25.7. The van der Waals surface area contributed by atoms with Gasteiger partial charge in [0.15, 0.2) is 9.84 Å². The van der Waals surface area contributed by atoms with E-state index in [-0.39, 0.29) is 16.7 Å². The van der Waals surface area contributed by atoms with Crippen molar-refractivity contribution in [1.29, 1.82) is 0 Å². The molecule has 1 aliphatic heterocycles. The van der Waals surface area contributed by atoms with E-state index in [4.69, 9.17) is 0 Å². The van der Waals surface area contributed by atoms with Gasteiger partial charge in [0.05, 0.1) is 22.4 Å². The molecule has 0 saturated heterocycles. The summed E-state index contributed by atoms with van der Waals surface area (Å²) in [6.07, 6.45) is 11.7. The lowest BCUT2D eigenvalue weighted by Gasteiger charge is -2.26. The van der Waals surface area contributed by atoms with Crippen LogP contribution in [-0.2, 0) is 19.4 Å². The molecule has 39 heavy (non-hydrogen) atoms. The Morgan fingerprint density at radius 2 is 1.74 bits per heavy atom. The summed E-state index contributed by atoms with van der Waals surface area (Å²) in [5, 5.41) is 6.22. The largest absolute Gasteiger partial charge is 0.365 e. The van der Waals surface area contributed by atoms with Gasteiger partial charge in [-0.05, 0) is 72.1 Å². The first-order valence-electron chi connectivity index (χ1n) is 13.9. The Morgan fingerprint density at radius 3 is 2.23 bits per heavy atom. The smallest absolute Gasteiger partial charge is 0.255 e. The second kappa shape index (κ2) is 18.4. The first-order chi connectivity index (χ1) is 18.4. The summed E-state index contributed by atoms with van der Waals surface area (Å²) in [7, 11) is -3.29. The Morgan fingerprint density at radius 1 is 1.13 bits per heavy atom. The van der Waals surface area contributed by atoms with Crippen LogP contribution in [-0.4, -0.2) is 53.3 Å². The number of aromatic nitrogens is 2. The number of carbonyl (C=O) groups excluding carboxylic acids is 2. The third-order valence-corrected chi connectivity index (χ3v) is 8.22. The van der Waals surface area contributed by atoms with E-state index in [9.17, 15) is 18.0 Å². The van der Waals surface area contributed by atoms with E-state index in [1.807, 2.05) is 46.9 Å². The summed E-state index contributed by atoms with van der Waals surface area (Å²) in [4.78, 5) is 25.7. The fourth-order valence-electron chi connectivity index (χ4n) is 3.59. The van der Waals surface area contributed by atoms with Crippen LogP contribution in [0.2, 0.25) is 0 Å². The first-order valence-corrected chi connectivity index (χ1v) is 15.5. The summed E-state index contributed by atoms with van der Waals surface area (Å²) in [6, 6.07) is 1.89. The SMILES string of the molecule is C=C/C(=C\C=C(/C)n1ccc(C)n1)S(=O)(=O)C(C)C.CC.CCCCC1=C(C)C(=O)NC(=O)CN1CCCC. The lowest BCUT2D eigenvalue weighted by atomic mass is 10.1. The Labute approximate surface area is 236 Å². The van der Waals surface area contributed by atoms with Crippen LogP contribution in [0.1, 0.15) is 93.2 Å². The molecule has 1 aromatic rings. The Hall–Kier alpha value is -2.94. The van der Waals surface area contributed by atoms with Crippen LogP contribution in [0, 0.1) is 6.92 Å². The Kier molecular flexibility index (Phi) is 17.0. The Bertz CT molecular complexity index is 1140. The standard InChI is InChI=1S/C14H20N2O2S.C14H24N2O2.C2H6/c1-6-14(19(17,18)11(2)3)8-7-13(5)16-10-9-12(4)15-16;1-4-6-8-12-11(3)14(18)15-13(17)10-16(12)9-7-5-2;1-2/h6-11H,1H2,2-5H3;4-10H2,1-3H3,(H,15,17,18);1-2H3/b13-7+,14-8+;;. The predicted molar refractivity (Wildman–Crippen MR) is 162 cm³/mol. The zero-order valence-corrected chi connectivity index (χ0v) is 26.3. The van der Waals surface area contributed by atoms with Gasteiger partial charge in [-0.2, -0.15) is 5.10 Å². The maximum atomic E-state index is 12.0. The lowest BCUT2D eigenvalue weighted by Crippen LogP contribution is -2.35. The van der Waals surface area contributed by atoms with Crippen LogP contribution < -0.4 is 5.32 Å². The highest BCUT2D eigenvalue weighted by Crippen LogP contribution is 2.20. The molecule has 0 spiro atoms. The van der Waals surface area contributed by atoms with Crippen molar-refractivity contribution in [3.63, 3.8) is 0 Å². The topological polar surface area (TPSA) is 101 Å². The van der Waals surface area contributed by atoms with Gasteiger partial charge in [-0.3, -0.25) is 14.9 Å². The van der Waals surface area contributed by atoms with Crippen molar-refractivity contribution < 1.29 is 18.0 Å². The van der Waals surface area contributed by atoms with E-state index < -0.39 is 15.1 Å². The number of hydrogen-bond acceptors (Lipinski definition) is 6. The van der Waals surface area contributed by atoms with Crippen LogP contribution in [0.5, 0.6) is 0 Å². The second-order valence-corrected chi connectivity index (χ2v) is 11.9.